The Morgan fingerprint density at radius 1 is 0.370 bits per heavy atom. The van der Waals surface area contributed by atoms with E-state index in [1.807, 2.05) is 184 Å². The molecule has 0 saturated heterocycles. The Hall–Kier alpha value is -1.98. The number of carbonyl (C=O) groups excluding carboxylic acids is 8. The van der Waals surface area contributed by atoms with Crippen molar-refractivity contribution in [1.82, 2.24) is 4.90 Å². The number of hydrogen-bond acceptors (Lipinski definition) is 21. The molecular formula is C59H123NO15S6. The number of hydrogen-bond donors (Lipinski definition) is 0. The minimum absolute atomic E-state index is 0.0291. The van der Waals surface area contributed by atoms with Gasteiger partial charge in [0.05, 0.1) is 32.3 Å². The first kappa shape index (κ1) is 101. The Morgan fingerprint density at radius 3 is 0.741 bits per heavy atom. The van der Waals surface area contributed by atoms with Gasteiger partial charge in [0.2, 0.25) is 0 Å². The van der Waals surface area contributed by atoms with Gasteiger partial charge in [-0.25, -0.2) is 14.4 Å². The zero-order chi connectivity index (χ0) is 68.4. The maximum Gasteiger partial charge on any atom is 0.508 e. The summed E-state index contributed by atoms with van der Waals surface area (Å²) < 4.78 is 33.1. The van der Waals surface area contributed by atoms with Crippen molar-refractivity contribution in [2.24, 2.45) is 10.8 Å². The van der Waals surface area contributed by atoms with Crippen molar-refractivity contribution in [3.8, 4) is 0 Å². The molecule has 0 aliphatic carbocycles. The summed E-state index contributed by atoms with van der Waals surface area (Å²) in [7, 11) is 9.31. The second-order valence-electron chi connectivity index (χ2n) is 26.9. The molecular weight excluding hydrogens is 1160 g/mol. The van der Waals surface area contributed by atoms with Crippen molar-refractivity contribution in [3.05, 3.63) is 0 Å². The number of methoxy groups -OCH3 is 4. The SMILES string of the molecule is CC(=O)OC(C)(C)C.CC(=O)SC(C)(C)C.CN(C)C(=O)SC(C)(C)C.COC(=O)C(C)(C)C.COC(=O)OC(C)(C)C.COC(=O)SC(C)(C)C.COC(C)(C)C.CSC(=O)C(C)(C)C.CSC(=O)OC(C)(C)C.CSC(C)(C)C. The molecule has 0 bridgehead atoms. The number of nitrogens with zero attached hydrogens (tertiary/aromatic N) is 1. The summed E-state index contributed by atoms with van der Waals surface area (Å²) in [6.45, 7) is 61.4. The van der Waals surface area contributed by atoms with Crippen LogP contribution in [0.4, 0.5) is 19.2 Å². The van der Waals surface area contributed by atoms with Gasteiger partial charge in [-0.05, 0) is 146 Å². The second kappa shape index (κ2) is 48.2. The fraction of sp³-hybridized carbons (Fsp3) is 0.864. The minimum atomic E-state index is -0.637. The molecule has 0 aliphatic heterocycles. The Morgan fingerprint density at radius 2 is 0.691 bits per heavy atom. The zero-order valence-corrected chi connectivity index (χ0v) is 63.9. The van der Waals surface area contributed by atoms with Crippen LogP contribution in [0.15, 0.2) is 0 Å². The highest BCUT2D eigenvalue weighted by Gasteiger charge is 2.22. The Labute approximate surface area is 523 Å². The molecule has 0 radical (unpaired) electrons. The molecule has 0 aliphatic rings. The molecule has 0 aromatic heterocycles. The molecule has 0 fully saturated rings. The van der Waals surface area contributed by atoms with E-state index in [-0.39, 0.29) is 79.9 Å². The van der Waals surface area contributed by atoms with Gasteiger partial charge in [0, 0.05) is 59.5 Å². The van der Waals surface area contributed by atoms with Gasteiger partial charge < -0.3 is 38.1 Å². The van der Waals surface area contributed by atoms with Gasteiger partial charge in [-0.1, -0.05) is 139 Å². The van der Waals surface area contributed by atoms with E-state index in [0.717, 1.165) is 11.8 Å². The predicted octanol–water partition coefficient (Wildman–Crippen LogP) is 18.5. The lowest BCUT2D eigenvalue weighted by Gasteiger charge is -2.19. The molecule has 22 heteroatoms. The van der Waals surface area contributed by atoms with Crippen molar-refractivity contribution in [2.75, 3.05) is 61.3 Å². The van der Waals surface area contributed by atoms with Crippen LogP contribution in [0.25, 0.3) is 0 Å². The van der Waals surface area contributed by atoms with Crippen molar-refractivity contribution >= 4 is 115 Å². The van der Waals surface area contributed by atoms with E-state index in [0.29, 0.717) is 4.75 Å². The molecule has 0 rings (SSSR count). The van der Waals surface area contributed by atoms with Gasteiger partial charge in [-0.2, -0.15) is 11.8 Å². The summed E-state index contributed by atoms with van der Waals surface area (Å²) in [6, 6.07) is 0. The van der Waals surface area contributed by atoms with Gasteiger partial charge >= 0.3 is 28.7 Å². The monoisotopic (exact) mass is 1280 g/mol. The molecule has 0 saturated carbocycles. The highest BCUT2D eigenvalue weighted by Crippen LogP contribution is 2.26. The van der Waals surface area contributed by atoms with Crippen LogP contribution in [0.1, 0.15) is 222 Å². The largest absolute Gasteiger partial charge is 0.508 e. The van der Waals surface area contributed by atoms with E-state index in [4.69, 9.17) is 18.9 Å². The molecule has 0 heterocycles. The number of esters is 2. The number of rotatable bonds is 0. The summed E-state index contributed by atoms with van der Waals surface area (Å²) in [5.74, 6) is -0.394. The molecule has 1 amide bonds. The van der Waals surface area contributed by atoms with Crippen LogP contribution in [0.5, 0.6) is 0 Å². The molecule has 490 valence electrons. The van der Waals surface area contributed by atoms with Gasteiger partial charge in [0.15, 0.2) is 10.2 Å². The van der Waals surface area contributed by atoms with Crippen LogP contribution >= 0.6 is 70.6 Å². The zero-order valence-electron chi connectivity index (χ0n) is 59.0. The lowest BCUT2D eigenvalue weighted by atomic mass is 9.98. The first-order valence-electron chi connectivity index (χ1n) is 26.0. The summed E-state index contributed by atoms with van der Waals surface area (Å²) in [4.78, 5) is 86.2. The molecule has 0 N–H and O–H groups in total. The third-order valence-electron chi connectivity index (χ3n) is 6.15. The summed E-state index contributed by atoms with van der Waals surface area (Å²) in [5, 5.41) is 0.118. The van der Waals surface area contributed by atoms with Crippen molar-refractivity contribution in [1.29, 1.82) is 0 Å². The fourth-order valence-electron chi connectivity index (χ4n) is 2.70. The first-order chi connectivity index (χ1) is 35.1. The van der Waals surface area contributed by atoms with Gasteiger partial charge in [0.1, 0.15) is 16.8 Å². The first-order valence-corrected chi connectivity index (χ1v) is 32.1. The average molecular weight is 1280 g/mol. The standard InChI is InChI=1S/C7H15NOS.C6H12O3.2C6H12O2S.2C6H12O2.2C6H12OS.C5H12O.C5H12S/c1-7(2,3)10-6(9)8(4)5;1-6(2,3)9-5(7)8-4;1-6(2,3)8-5(7)9-4;1-6(2,3)9-5(7)8-4;1-6(2,3)5(7)8-4;1-5(7)8-6(2,3)4;1-6(2,3)5(7)8-4;1-5(7)8-6(2,3)4;2*1-5(2,3)6-4/h1-5H3;3*1-4H3;4*1-4H3;2*1-4H3. The molecule has 0 aromatic rings. The Kier molecular flexibility index (Phi) is 60.0. The van der Waals surface area contributed by atoms with E-state index in [1.54, 1.807) is 60.1 Å². The van der Waals surface area contributed by atoms with E-state index in [2.05, 4.69) is 41.2 Å². The Balaban J connectivity index is -0.0000000867. The van der Waals surface area contributed by atoms with Crippen LogP contribution in [-0.4, -0.2) is 152 Å². The van der Waals surface area contributed by atoms with E-state index >= 15 is 0 Å². The van der Waals surface area contributed by atoms with Gasteiger partial charge in [-0.3, -0.25) is 24.0 Å². The number of carbonyl (C=O) groups is 8. The molecule has 81 heavy (non-hydrogen) atoms. The molecule has 0 spiro atoms. The van der Waals surface area contributed by atoms with Gasteiger partial charge in [0.25, 0.3) is 5.24 Å². The van der Waals surface area contributed by atoms with E-state index in [1.165, 1.54) is 75.3 Å². The Bertz CT molecular complexity index is 1560. The van der Waals surface area contributed by atoms with Crippen molar-refractivity contribution in [3.63, 3.8) is 0 Å². The molecule has 16 nitrogen and oxygen atoms in total. The number of thioether (sulfide) groups is 6. The lowest BCUT2D eigenvalue weighted by molar-refractivity contribution is -0.152. The van der Waals surface area contributed by atoms with Crippen molar-refractivity contribution < 1.29 is 71.5 Å². The van der Waals surface area contributed by atoms with Crippen molar-refractivity contribution in [2.45, 2.75) is 263 Å². The smallest absolute Gasteiger partial charge is 0.469 e. The van der Waals surface area contributed by atoms with E-state index in [9.17, 15) is 38.4 Å². The van der Waals surface area contributed by atoms with Crippen LogP contribution in [0, 0.1) is 10.8 Å². The maximum absolute atomic E-state index is 11.0. The minimum Gasteiger partial charge on any atom is -0.469 e. The average Bonchev–Trinajstić information content (AvgIpc) is 3.19. The topological polar surface area (TPSA) is 204 Å². The number of ether oxygens (including phenoxy) is 7. The molecule has 0 aromatic carbocycles. The fourth-order valence-corrected chi connectivity index (χ4v) is 5.80. The van der Waals surface area contributed by atoms with Crippen LogP contribution < -0.4 is 0 Å². The highest BCUT2D eigenvalue weighted by molar-refractivity contribution is 8.15. The highest BCUT2D eigenvalue weighted by atomic mass is 32.2. The molecule has 0 atom stereocenters. The third kappa shape index (κ3) is 125. The lowest BCUT2D eigenvalue weighted by Crippen LogP contribution is -2.23. The van der Waals surface area contributed by atoms with Crippen LogP contribution in [0.3, 0.4) is 0 Å². The quantitative estimate of drug-likeness (QED) is 0.163. The summed E-state index contributed by atoms with van der Waals surface area (Å²) in [6.07, 6.45) is 5.00. The third-order valence-corrected chi connectivity index (χ3v) is 11.8. The van der Waals surface area contributed by atoms with Gasteiger partial charge in [-0.15, -0.1) is 0 Å². The van der Waals surface area contributed by atoms with Crippen LogP contribution in [-0.2, 0) is 52.3 Å². The molecule has 0 unspecified atom stereocenters. The van der Waals surface area contributed by atoms with E-state index < -0.39 is 11.8 Å². The predicted molar refractivity (Wildman–Crippen MR) is 358 cm³/mol. The maximum atomic E-state index is 11.0. The normalized spacial score (nSPS) is 11.3. The summed E-state index contributed by atoms with van der Waals surface area (Å²) in [5.41, 5.74) is -1.60. The second-order valence-corrected chi connectivity index (χ2v) is 35.6. The summed E-state index contributed by atoms with van der Waals surface area (Å²) >= 11 is 8.19. The number of amides is 1. The van der Waals surface area contributed by atoms with Crippen LogP contribution in [0.2, 0.25) is 0 Å².